The van der Waals surface area contributed by atoms with E-state index in [0.29, 0.717) is 5.92 Å². The van der Waals surface area contributed by atoms with E-state index in [4.69, 9.17) is 0 Å². The van der Waals surface area contributed by atoms with Crippen LogP contribution in [0.15, 0.2) is 48.9 Å². The number of benzene rings is 1. The zero-order chi connectivity index (χ0) is 13.9. The number of nitrogens with zero attached hydrogens (tertiary/aromatic N) is 3. The van der Waals surface area contributed by atoms with Crippen LogP contribution in [0.1, 0.15) is 36.7 Å². The van der Waals surface area contributed by atoms with Crippen molar-refractivity contribution in [3.8, 4) is 0 Å². The van der Waals surface area contributed by atoms with Crippen molar-refractivity contribution in [1.29, 1.82) is 0 Å². The van der Waals surface area contributed by atoms with Gasteiger partial charge >= 0.3 is 0 Å². The SMILES string of the molecule is CC(C)c1cnc2c(CCc3ccccc3)nccn12. The highest BCUT2D eigenvalue weighted by Gasteiger charge is 2.10. The molecule has 1 aromatic carbocycles. The Balaban J connectivity index is 1.89. The van der Waals surface area contributed by atoms with Crippen molar-refractivity contribution in [1.82, 2.24) is 14.4 Å². The van der Waals surface area contributed by atoms with Gasteiger partial charge in [0.25, 0.3) is 0 Å². The molecule has 0 saturated heterocycles. The smallest absolute Gasteiger partial charge is 0.158 e. The fourth-order valence-electron chi connectivity index (χ4n) is 2.50. The maximum Gasteiger partial charge on any atom is 0.158 e. The van der Waals surface area contributed by atoms with Crippen molar-refractivity contribution < 1.29 is 0 Å². The van der Waals surface area contributed by atoms with E-state index in [1.807, 2.05) is 24.7 Å². The van der Waals surface area contributed by atoms with E-state index in [-0.39, 0.29) is 0 Å². The number of imidazole rings is 1. The lowest BCUT2D eigenvalue weighted by Crippen LogP contribution is -2.01. The Labute approximate surface area is 119 Å². The van der Waals surface area contributed by atoms with E-state index in [2.05, 4.69) is 52.5 Å². The van der Waals surface area contributed by atoms with Gasteiger partial charge in [-0.05, 0) is 24.3 Å². The molecule has 0 fully saturated rings. The molecule has 2 aromatic heterocycles. The lowest BCUT2D eigenvalue weighted by Gasteiger charge is -2.07. The van der Waals surface area contributed by atoms with Crippen LogP contribution in [0.5, 0.6) is 0 Å². The maximum absolute atomic E-state index is 4.55. The zero-order valence-electron chi connectivity index (χ0n) is 12.0. The van der Waals surface area contributed by atoms with E-state index < -0.39 is 0 Å². The van der Waals surface area contributed by atoms with Crippen LogP contribution in [0.25, 0.3) is 5.65 Å². The number of hydrogen-bond acceptors (Lipinski definition) is 2. The van der Waals surface area contributed by atoms with Crippen LogP contribution < -0.4 is 0 Å². The molecule has 0 unspecified atom stereocenters. The molecule has 0 spiro atoms. The summed E-state index contributed by atoms with van der Waals surface area (Å²) in [5.74, 6) is 0.467. The van der Waals surface area contributed by atoms with Crippen molar-refractivity contribution in [2.45, 2.75) is 32.6 Å². The van der Waals surface area contributed by atoms with E-state index in [1.165, 1.54) is 11.3 Å². The highest BCUT2D eigenvalue weighted by molar-refractivity contribution is 5.46. The Morgan fingerprint density at radius 2 is 1.85 bits per heavy atom. The lowest BCUT2D eigenvalue weighted by molar-refractivity contribution is 0.801. The Bertz CT molecular complexity index is 699. The third kappa shape index (κ3) is 2.44. The molecule has 3 heteroatoms. The van der Waals surface area contributed by atoms with Gasteiger partial charge in [-0.15, -0.1) is 0 Å². The molecular formula is C17H19N3. The first-order valence-electron chi connectivity index (χ1n) is 7.10. The van der Waals surface area contributed by atoms with Gasteiger partial charge in [0.2, 0.25) is 0 Å². The average Bonchev–Trinajstić information content (AvgIpc) is 2.91. The van der Waals surface area contributed by atoms with Gasteiger partial charge in [0, 0.05) is 24.3 Å². The minimum absolute atomic E-state index is 0.467. The standard InChI is InChI=1S/C17H19N3/c1-13(2)16-12-19-17-15(18-10-11-20(16)17)9-8-14-6-4-3-5-7-14/h3-7,10-13H,8-9H2,1-2H3. The van der Waals surface area contributed by atoms with E-state index in [9.17, 15) is 0 Å². The minimum atomic E-state index is 0.467. The monoisotopic (exact) mass is 265 g/mol. The molecule has 102 valence electrons. The first-order valence-corrected chi connectivity index (χ1v) is 7.10. The van der Waals surface area contributed by atoms with Crippen molar-refractivity contribution in [3.05, 3.63) is 65.9 Å². The normalized spacial score (nSPS) is 11.3. The van der Waals surface area contributed by atoms with Crippen molar-refractivity contribution in [2.75, 3.05) is 0 Å². The first kappa shape index (κ1) is 12.9. The largest absolute Gasteiger partial charge is 0.301 e. The number of rotatable bonds is 4. The predicted octanol–water partition coefficient (Wildman–Crippen LogP) is 3.64. The second-order valence-electron chi connectivity index (χ2n) is 5.39. The van der Waals surface area contributed by atoms with E-state index >= 15 is 0 Å². The Morgan fingerprint density at radius 3 is 2.60 bits per heavy atom. The van der Waals surface area contributed by atoms with Crippen LogP contribution in [0.2, 0.25) is 0 Å². The molecule has 0 amide bonds. The van der Waals surface area contributed by atoms with Gasteiger partial charge in [-0.25, -0.2) is 4.98 Å². The molecule has 0 atom stereocenters. The third-order valence-electron chi connectivity index (χ3n) is 3.61. The Morgan fingerprint density at radius 1 is 1.05 bits per heavy atom. The fourth-order valence-corrected chi connectivity index (χ4v) is 2.50. The summed E-state index contributed by atoms with van der Waals surface area (Å²) in [6.45, 7) is 4.38. The quantitative estimate of drug-likeness (QED) is 0.721. The Hall–Kier alpha value is -2.16. The molecule has 20 heavy (non-hydrogen) atoms. The molecule has 0 N–H and O–H groups in total. The highest BCUT2D eigenvalue weighted by Crippen LogP contribution is 2.18. The molecule has 0 bridgehead atoms. The van der Waals surface area contributed by atoms with Gasteiger partial charge < -0.3 is 4.40 Å². The van der Waals surface area contributed by atoms with Gasteiger partial charge in [0.05, 0.1) is 5.69 Å². The molecule has 0 aliphatic rings. The first-order chi connectivity index (χ1) is 9.75. The maximum atomic E-state index is 4.55. The molecule has 0 aliphatic carbocycles. The fraction of sp³-hybridized carbons (Fsp3) is 0.294. The van der Waals surface area contributed by atoms with Gasteiger partial charge in [-0.1, -0.05) is 44.2 Å². The summed E-state index contributed by atoms with van der Waals surface area (Å²) >= 11 is 0. The number of aryl methyl sites for hydroxylation is 2. The van der Waals surface area contributed by atoms with Crippen molar-refractivity contribution in [2.24, 2.45) is 0 Å². The predicted molar refractivity (Wildman–Crippen MR) is 80.9 cm³/mol. The molecule has 3 rings (SSSR count). The molecule has 3 nitrogen and oxygen atoms in total. The molecule has 0 aliphatic heterocycles. The van der Waals surface area contributed by atoms with Crippen LogP contribution in [0.4, 0.5) is 0 Å². The number of hydrogen-bond donors (Lipinski definition) is 0. The average molecular weight is 265 g/mol. The van der Waals surface area contributed by atoms with Gasteiger partial charge in [0.1, 0.15) is 0 Å². The summed E-state index contributed by atoms with van der Waals surface area (Å²) in [5.41, 5.74) is 4.64. The zero-order valence-corrected chi connectivity index (χ0v) is 12.0. The minimum Gasteiger partial charge on any atom is -0.301 e. The summed E-state index contributed by atoms with van der Waals surface area (Å²) in [7, 11) is 0. The molecule has 2 heterocycles. The molecule has 3 aromatic rings. The van der Waals surface area contributed by atoms with Crippen LogP contribution in [0, 0.1) is 0 Å². The Kier molecular flexibility index (Phi) is 3.50. The highest BCUT2D eigenvalue weighted by atomic mass is 15.0. The summed E-state index contributed by atoms with van der Waals surface area (Å²) in [4.78, 5) is 9.06. The number of aromatic nitrogens is 3. The van der Waals surface area contributed by atoms with Gasteiger partial charge in [-0.3, -0.25) is 4.98 Å². The summed E-state index contributed by atoms with van der Waals surface area (Å²) in [6.07, 6.45) is 7.76. The molecule has 0 radical (unpaired) electrons. The van der Waals surface area contributed by atoms with Crippen molar-refractivity contribution >= 4 is 5.65 Å². The second-order valence-corrected chi connectivity index (χ2v) is 5.39. The third-order valence-corrected chi connectivity index (χ3v) is 3.61. The molecular weight excluding hydrogens is 246 g/mol. The summed E-state index contributed by atoms with van der Waals surface area (Å²) in [5, 5.41) is 0. The van der Waals surface area contributed by atoms with Crippen LogP contribution in [-0.2, 0) is 12.8 Å². The van der Waals surface area contributed by atoms with Gasteiger partial charge in [0.15, 0.2) is 5.65 Å². The van der Waals surface area contributed by atoms with Gasteiger partial charge in [-0.2, -0.15) is 0 Å². The van der Waals surface area contributed by atoms with E-state index in [1.54, 1.807) is 0 Å². The van der Waals surface area contributed by atoms with Crippen LogP contribution in [0.3, 0.4) is 0 Å². The van der Waals surface area contributed by atoms with Crippen molar-refractivity contribution in [3.63, 3.8) is 0 Å². The summed E-state index contributed by atoms with van der Waals surface area (Å²) in [6, 6.07) is 10.5. The second kappa shape index (κ2) is 5.45. The topological polar surface area (TPSA) is 30.2 Å². The van der Waals surface area contributed by atoms with Crippen LogP contribution >= 0.6 is 0 Å². The summed E-state index contributed by atoms with van der Waals surface area (Å²) < 4.78 is 2.16. The van der Waals surface area contributed by atoms with E-state index in [0.717, 1.165) is 24.2 Å². The lowest BCUT2D eigenvalue weighted by atomic mass is 10.1. The molecule has 0 saturated carbocycles. The number of fused-ring (bicyclic) bond motifs is 1. The van der Waals surface area contributed by atoms with Crippen LogP contribution in [-0.4, -0.2) is 14.4 Å².